The van der Waals surface area contributed by atoms with Crippen LogP contribution < -0.4 is 20.9 Å². The lowest BCUT2D eigenvalue weighted by Gasteiger charge is -2.28. The number of rotatable bonds is 11. The van der Waals surface area contributed by atoms with Crippen LogP contribution in [0.1, 0.15) is 39.5 Å². The second-order valence-electron chi connectivity index (χ2n) is 10.7. The van der Waals surface area contributed by atoms with Gasteiger partial charge in [0.25, 0.3) is 5.56 Å². The number of nitrogens with one attached hydrogen (secondary N) is 2. The molecule has 44 heavy (non-hydrogen) atoms. The van der Waals surface area contributed by atoms with Crippen molar-refractivity contribution >= 4 is 13.7 Å². The number of carbonyl (C=O) groups excluding carboxylic acids is 1. The van der Waals surface area contributed by atoms with E-state index in [-0.39, 0.29) is 11.4 Å². The third-order valence-corrected chi connectivity index (χ3v) is 8.42. The van der Waals surface area contributed by atoms with Crippen molar-refractivity contribution in [3.8, 4) is 17.0 Å². The highest BCUT2D eigenvalue weighted by Crippen LogP contribution is 2.48. The molecular weight excluding hydrogens is 605 g/mol. The molecule has 1 aliphatic rings. The smallest absolute Gasteiger partial charge is 0.459 e. The summed E-state index contributed by atoms with van der Waals surface area (Å²) < 4.78 is 66.5. The number of nitrogens with zero attached hydrogens (tertiary/aromatic N) is 2. The van der Waals surface area contributed by atoms with Crippen LogP contribution in [0.3, 0.4) is 0 Å². The van der Waals surface area contributed by atoms with E-state index in [4.69, 9.17) is 18.5 Å². The molecule has 1 unspecified atom stereocenters. The SMILES string of the molecule is Cc1cc(OP(=O)(N[C@@H](C)C(=O)OC(C)C)OC[C@H]2O[C@@H](n3ccc(=O)[nH]c3=O)[C@H](F)[C@]2(C)O)ccc1-c1ncccc1F. The average molecular weight is 639 g/mol. The van der Waals surface area contributed by atoms with Crippen LogP contribution in [0.2, 0.25) is 0 Å². The minimum atomic E-state index is -4.52. The summed E-state index contributed by atoms with van der Waals surface area (Å²) in [5.74, 6) is -1.31. The van der Waals surface area contributed by atoms with Gasteiger partial charge in [0.15, 0.2) is 12.4 Å². The minimum absolute atomic E-state index is 0.00277. The monoisotopic (exact) mass is 638 g/mol. The van der Waals surface area contributed by atoms with Crippen LogP contribution in [0.5, 0.6) is 5.75 Å². The summed E-state index contributed by atoms with van der Waals surface area (Å²) in [5.41, 5.74) is -2.89. The maximum atomic E-state index is 15.3. The molecule has 4 rings (SSSR count). The molecule has 238 valence electrons. The van der Waals surface area contributed by atoms with E-state index >= 15 is 4.39 Å². The molecule has 3 N–H and O–H groups in total. The van der Waals surface area contributed by atoms with Crippen LogP contribution in [0.4, 0.5) is 8.78 Å². The number of benzene rings is 1. The van der Waals surface area contributed by atoms with Gasteiger partial charge < -0.3 is 19.1 Å². The Balaban J connectivity index is 1.59. The molecule has 2 aromatic heterocycles. The Morgan fingerprint density at radius 3 is 2.64 bits per heavy atom. The molecule has 0 radical (unpaired) electrons. The zero-order valence-electron chi connectivity index (χ0n) is 24.5. The normalized spacial score (nSPS) is 23.7. The Labute approximate surface area is 250 Å². The van der Waals surface area contributed by atoms with E-state index in [0.29, 0.717) is 11.1 Å². The molecule has 0 saturated carbocycles. The van der Waals surface area contributed by atoms with Crippen molar-refractivity contribution < 1.29 is 41.8 Å². The summed E-state index contributed by atoms with van der Waals surface area (Å²) in [5, 5.41) is 13.4. The van der Waals surface area contributed by atoms with Gasteiger partial charge in [-0.2, -0.15) is 5.09 Å². The van der Waals surface area contributed by atoms with Crippen molar-refractivity contribution in [3.05, 3.63) is 81.0 Å². The molecule has 13 nitrogen and oxygen atoms in total. The molecule has 0 bridgehead atoms. The molecule has 1 saturated heterocycles. The number of pyridine rings is 1. The van der Waals surface area contributed by atoms with Gasteiger partial charge >= 0.3 is 19.4 Å². The summed E-state index contributed by atoms with van der Waals surface area (Å²) in [6.45, 7) is 6.65. The number of ether oxygens (including phenoxy) is 2. The number of hydrogen-bond donors (Lipinski definition) is 3. The number of halogens is 2. The Bertz CT molecular complexity index is 1680. The van der Waals surface area contributed by atoms with Crippen LogP contribution in [-0.4, -0.2) is 62.2 Å². The van der Waals surface area contributed by atoms with Crippen molar-refractivity contribution in [2.45, 2.75) is 70.9 Å². The average Bonchev–Trinajstić information content (AvgIpc) is 3.15. The molecule has 1 aromatic carbocycles. The summed E-state index contributed by atoms with van der Waals surface area (Å²) in [6.07, 6.45) is -3.35. The zero-order chi connectivity index (χ0) is 32.4. The van der Waals surface area contributed by atoms with Crippen LogP contribution in [0.25, 0.3) is 11.3 Å². The predicted molar refractivity (Wildman–Crippen MR) is 153 cm³/mol. The molecule has 0 spiro atoms. The molecule has 0 amide bonds. The molecule has 6 atom stereocenters. The Morgan fingerprint density at radius 2 is 2.00 bits per heavy atom. The first-order valence-electron chi connectivity index (χ1n) is 13.6. The first-order chi connectivity index (χ1) is 20.6. The van der Waals surface area contributed by atoms with E-state index in [9.17, 15) is 28.4 Å². The maximum absolute atomic E-state index is 15.3. The summed E-state index contributed by atoms with van der Waals surface area (Å²) in [4.78, 5) is 42.2. The number of alkyl halides is 1. The van der Waals surface area contributed by atoms with E-state index < -0.39 is 73.6 Å². The number of carbonyl (C=O) groups is 1. The van der Waals surface area contributed by atoms with Crippen molar-refractivity contribution in [1.82, 2.24) is 19.6 Å². The lowest BCUT2D eigenvalue weighted by atomic mass is 9.96. The number of hydrogen-bond acceptors (Lipinski definition) is 10. The predicted octanol–water partition coefficient (Wildman–Crippen LogP) is 3.17. The molecule has 16 heteroatoms. The lowest BCUT2D eigenvalue weighted by molar-refractivity contribution is -0.149. The Morgan fingerprint density at radius 1 is 1.27 bits per heavy atom. The molecule has 0 aliphatic carbocycles. The number of aromatic nitrogens is 3. The highest BCUT2D eigenvalue weighted by Gasteiger charge is 2.55. The van der Waals surface area contributed by atoms with E-state index in [1.807, 2.05) is 4.98 Å². The van der Waals surface area contributed by atoms with Gasteiger partial charge in [-0.3, -0.25) is 28.6 Å². The van der Waals surface area contributed by atoms with Gasteiger partial charge in [0.05, 0.1) is 12.7 Å². The standard InChI is InChI=1S/C28H33F2N4O9P/c1-15(2)41-26(36)17(4)33-44(39,43-18-8-9-19(16(3)13-18)23-20(29)7-6-11-31-23)40-14-21-28(5,38)24(30)25(42-21)34-12-10-22(35)32-27(34)37/h6-13,15,17,21,24-25,38H,14H2,1-5H3,(H,33,39)(H,32,35,37)/t17-,21+,24-,25+,28+,44?/m0/s1. The van der Waals surface area contributed by atoms with Gasteiger partial charge in [0.2, 0.25) is 0 Å². The number of esters is 1. The van der Waals surface area contributed by atoms with Crippen LogP contribution in [-0.2, 0) is 23.4 Å². The van der Waals surface area contributed by atoms with Gasteiger partial charge in [-0.15, -0.1) is 0 Å². The van der Waals surface area contributed by atoms with Crippen LogP contribution >= 0.6 is 7.75 Å². The van der Waals surface area contributed by atoms with E-state index in [1.54, 1.807) is 20.8 Å². The summed E-state index contributed by atoms with van der Waals surface area (Å²) in [7, 11) is -4.52. The van der Waals surface area contributed by atoms with Crippen LogP contribution in [0, 0.1) is 12.7 Å². The van der Waals surface area contributed by atoms with Crippen molar-refractivity contribution in [1.29, 1.82) is 0 Å². The maximum Gasteiger partial charge on any atom is 0.459 e. The Kier molecular flexibility index (Phi) is 9.86. The largest absolute Gasteiger partial charge is 0.462 e. The lowest BCUT2D eigenvalue weighted by Crippen LogP contribution is -2.45. The number of aryl methyl sites for hydroxylation is 1. The molecule has 3 aromatic rings. The number of H-pyrrole nitrogens is 1. The minimum Gasteiger partial charge on any atom is -0.462 e. The highest BCUT2D eigenvalue weighted by atomic mass is 31.2. The van der Waals surface area contributed by atoms with Crippen molar-refractivity contribution in [3.63, 3.8) is 0 Å². The second-order valence-corrected chi connectivity index (χ2v) is 12.4. The van der Waals surface area contributed by atoms with E-state index in [1.165, 1.54) is 43.5 Å². The van der Waals surface area contributed by atoms with Crippen molar-refractivity contribution in [2.75, 3.05) is 6.61 Å². The number of aromatic amines is 1. The first kappa shape index (κ1) is 33.1. The van der Waals surface area contributed by atoms with Gasteiger partial charge in [-0.1, -0.05) is 0 Å². The van der Waals surface area contributed by atoms with Gasteiger partial charge in [-0.25, -0.2) is 18.1 Å². The summed E-state index contributed by atoms with van der Waals surface area (Å²) in [6, 6.07) is 6.83. The van der Waals surface area contributed by atoms with E-state index in [0.717, 1.165) is 23.8 Å². The van der Waals surface area contributed by atoms with Crippen molar-refractivity contribution in [2.24, 2.45) is 0 Å². The molecule has 3 heterocycles. The fraction of sp³-hybridized carbons (Fsp3) is 0.429. The molecule has 1 fully saturated rings. The zero-order valence-corrected chi connectivity index (χ0v) is 25.4. The third kappa shape index (κ3) is 7.30. The topological polar surface area (TPSA) is 171 Å². The fourth-order valence-corrected chi connectivity index (χ4v) is 5.93. The quantitative estimate of drug-likeness (QED) is 0.208. The summed E-state index contributed by atoms with van der Waals surface area (Å²) >= 11 is 0. The van der Waals surface area contributed by atoms with Crippen LogP contribution in [0.15, 0.2) is 58.4 Å². The van der Waals surface area contributed by atoms with E-state index in [2.05, 4.69) is 10.1 Å². The fourth-order valence-electron chi connectivity index (χ4n) is 4.44. The second kappa shape index (κ2) is 13.1. The first-order valence-corrected chi connectivity index (χ1v) is 15.1. The molecule has 1 aliphatic heterocycles. The number of aliphatic hydroxyl groups is 1. The van der Waals surface area contributed by atoms with Gasteiger partial charge in [-0.05, 0) is 70.5 Å². The molecular formula is C28H33F2N4O9P. The van der Waals surface area contributed by atoms with Gasteiger partial charge in [0, 0.05) is 24.0 Å². The third-order valence-electron chi connectivity index (χ3n) is 6.78. The highest BCUT2D eigenvalue weighted by molar-refractivity contribution is 7.52. The Hall–Kier alpha value is -3.75. The van der Waals surface area contributed by atoms with Gasteiger partial charge in [0.1, 0.15) is 35.0 Å².